The van der Waals surface area contributed by atoms with E-state index in [1.54, 1.807) is 4.90 Å². The van der Waals surface area contributed by atoms with Gasteiger partial charge in [-0.1, -0.05) is 0 Å². The Morgan fingerprint density at radius 2 is 1.25 bits per heavy atom. The van der Waals surface area contributed by atoms with Gasteiger partial charge in [-0.05, 0) is 24.3 Å². The molecule has 0 aliphatic carbocycles. The molecule has 1 aliphatic rings. The van der Waals surface area contributed by atoms with E-state index in [1.807, 2.05) is 0 Å². The number of piperazine rings is 1. The number of carboxylic acid groups (broad SMARTS) is 2. The third-order valence-corrected chi connectivity index (χ3v) is 3.22. The minimum atomic E-state index is -1.04. The van der Waals surface area contributed by atoms with E-state index < -0.39 is 12.1 Å². The van der Waals surface area contributed by atoms with Crippen LogP contribution in [0, 0.1) is 0 Å². The molecule has 0 bridgehead atoms. The maximum absolute atomic E-state index is 12.2. The first-order valence-electron chi connectivity index (χ1n) is 6.09. The summed E-state index contributed by atoms with van der Waals surface area (Å²) in [6, 6.07) is 5.69. The van der Waals surface area contributed by atoms with Crippen molar-refractivity contribution in [1.29, 1.82) is 0 Å². The van der Waals surface area contributed by atoms with Gasteiger partial charge in [0.2, 0.25) is 0 Å². The van der Waals surface area contributed by atoms with Crippen LogP contribution >= 0.6 is 0 Å². The fourth-order valence-electron chi connectivity index (χ4n) is 2.04. The lowest BCUT2D eigenvalue weighted by Crippen LogP contribution is -2.50. The van der Waals surface area contributed by atoms with Crippen LogP contribution in [0.2, 0.25) is 0 Å². The third-order valence-electron chi connectivity index (χ3n) is 3.22. The number of hydrogen-bond acceptors (Lipinski definition) is 3. The second-order valence-corrected chi connectivity index (χ2v) is 4.44. The van der Waals surface area contributed by atoms with Gasteiger partial charge in [0.1, 0.15) is 0 Å². The number of rotatable bonds is 2. The Bertz CT molecular complexity index is 532. The van der Waals surface area contributed by atoms with Crippen LogP contribution in [-0.2, 0) is 0 Å². The molecule has 106 valence electrons. The van der Waals surface area contributed by atoms with Gasteiger partial charge in [0.25, 0.3) is 5.91 Å². The van der Waals surface area contributed by atoms with Crippen molar-refractivity contribution in [3.63, 3.8) is 0 Å². The maximum Gasteiger partial charge on any atom is 0.407 e. The quantitative estimate of drug-likeness (QED) is 0.834. The van der Waals surface area contributed by atoms with Gasteiger partial charge >= 0.3 is 12.1 Å². The highest BCUT2D eigenvalue weighted by Crippen LogP contribution is 2.10. The average molecular weight is 278 g/mol. The zero-order chi connectivity index (χ0) is 14.7. The first-order chi connectivity index (χ1) is 9.49. The van der Waals surface area contributed by atoms with Crippen LogP contribution in [0.15, 0.2) is 24.3 Å². The van der Waals surface area contributed by atoms with Gasteiger partial charge in [-0.2, -0.15) is 0 Å². The topological polar surface area (TPSA) is 98.2 Å². The summed E-state index contributed by atoms with van der Waals surface area (Å²) in [7, 11) is 0. The number of nitrogens with zero attached hydrogens (tertiary/aromatic N) is 2. The number of hydrogen-bond donors (Lipinski definition) is 2. The normalized spacial score (nSPS) is 15.0. The van der Waals surface area contributed by atoms with Crippen molar-refractivity contribution >= 4 is 18.0 Å². The summed E-state index contributed by atoms with van der Waals surface area (Å²) in [4.78, 5) is 36.5. The summed E-state index contributed by atoms with van der Waals surface area (Å²) in [6.07, 6.45) is -0.983. The average Bonchev–Trinajstić information content (AvgIpc) is 2.46. The van der Waals surface area contributed by atoms with Crippen LogP contribution in [0.5, 0.6) is 0 Å². The molecule has 2 rings (SSSR count). The molecule has 2 amide bonds. The monoisotopic (exact) mass is 278 g/mol. The lowest BCUT2D eigenvalue weighted by molar-refractivity contribution is 0.0623. The van der Waals surface area contributed by atoms with Crippen LogP contribution in [0.1, 0.15) is 20.7 Å². The molecule has 7 heteroatoms. The second-order valence-electron chi connectivity index (χ2n) is 4.44. The Balaban J connectivity index is 2.01. The molecule has 1 aromatic carbocycles. The Morgan fingerprint density at radius 1 is 0.800 bits per heavy atom. The lowest BCUT2D eigenvalue weighted by Gasteiger charge is -2.33. The van der Waals surface area contributed by atoms with Gasteiger partial charge in [-0.25, -0.2) is 9.59 Å². The van der Waals surface area contributed by atoms with E-state index >= 15 is 0 Å². The van der Waals surface area contributed by atoms with E-state index in [1.165, 1.54) is 29.2 Å². The largest absolute Gasteiger partial charge is 0.478 e. The van der Waals surface area contributed by atoms with E-state index in [9.17, 15) is 14.4 Å². The standard InChI is InChI=1S/C13H14N2O5/c16-11(9-1-3-10(4-2-9)12(17)18)14-5-7-15(8-6-14)13(19)20/h1-4H,5-8H2,(H,17,18)(H,19,20). The minimum Gasteiger partial charge on any atom is -0.478 e. The third kappa shape index (κ3) is 2.87. The van der Waals surface area contributed by atoms with Crippen molar-refractivity contribution in [3.8, 4) is 0 Å². The number of carbonyl (C=O) groups excluding carboxylic acids is 1. The number of aromatic carboxylic acids is 1. The lowest BCUT2D eigenvalue weighted by atomic mass is 10.1. The highest BCUT2D eigenvalue weighted by molar-refractivity contribution is 5.96. The van der Waals surface area contributed by atoms with Crippen molar-refractivity contribution in [1.82, 2.24) is 9.80 Å². The molecule has 0 saturated carbocycles. The first-order valence-corrected chi connectivity index (χ1v) is 6.09. The molecule has 0 radical (unpaired) electrons. The Morgan fingerprint density at radius 3 is 1.70 bits per heavy atom. The zero-order valence-electron chi connectivity index (χ0n) is 10.7. The molecule has 20 heavy (non-hydrogen) atoms. The summed E-state index contributed by atoms with van der Waals surface area (Å²) in [5.41, 5.74) is 0.524. The molecular formula is C13H14N2O5. The summed E-state index contributed by atoms with van der Waals surface area (Å²) in [5.74, 6) is -1.26. The fraction of sp³-hybridized carbons (Fsp3) is 0.308. The zero-order valence-corrected chi connectivity index (χ0v) is 10.7. The van der Waals surface area contributed by atoms with Crippen LogP contribution < -0.4 is 0 Å². The van der Waals surface area contributed by atoms with Crippen LogP contribution in [-0.4, -0.2) is 64.2 Å². The first kappa shape index (κ1) is 13.9. The molecule has 1 aliphatic heterocycles. The van der Waals surface area contributed by atoms with Gasteiger partial charge in [-0.3, -0.25) is 4.79 Å². The van der Waals surface area contributed by atoms with E-state index in [2.05, 4.69) is 0 Å². The highest BCUT2D eigenvalue weighted by Gasteiger charge is 2.24. The molecular weight excluding hydrogens is 264 g/mol. The van der Waals surface area contributed by atoms with E-state index in [0.29, 0.717) is 18.7 Å². The Kier molecular flexibility index (Phi) is 3.88. The molecule has 1 aromatic rings. The number of benzene rings is 1. The van der Waals surface area contributed by atoms with Gasteiger partial charge < -0.3 is 20.0 Å². The summed E-state index contributed by atoms with van der Waals surface area (Å²) in [5, 5.41) is 17.6. The van der Waals surface area contributed by atoms with Crippen LogP contribution in [0.25, 0.3) is 0 Å². The van der Waals surface area contributed by atoms with Crippen molar-refractivity contribution in [2.24, 2.45) is 0 Å². The van der Waals surface area contributed by atoms with Gasteiger partial charge in [-0.15, -0.1) is 0 Å². The molecule has 0 spiro atoms. The fourth-order valence-corrected chi connectivity index (χ4v) is 2.04. The van der Waals surface area contributed by atoms with E-state index in [0.717, 1.165) is 0 Å². The van der Waals surface area contributed by atoms with Crippen LogP contribution in [0.3, 0.4) is 0 Å². The van der Waals surface area contributed by atoms with Crippen molar-refractivity contribution in [3.05, 3.63) is 35.4 Å². The Labute approximate surface area is 115 Å². The number of amides is 2. The van der Waals surface area contributed by atoms with Crippen LogP contribution in [0.4, 0.5) is 4.79 Å². The molecule has 1 fully saturated rings. The molecule has 0 atom stereocenters. The van der Waals surface area contributed by atoms with E-state index in [-0.39, 0.29) is 24.6 Å². The van der Waals surface area contributed by atoms with Gasteiger partial charge in [0.15, 0.2) is 0 Å². The molecule has 1 heterocycles. The summed E-state index contributed by atoms with van der Waals surface area (Å²) < 4.78 is 0. The van der Waals surface area contributed by atoms with Gasteiger partial charge in [0, 0.05) is 31.7 Å². The van der Waals surface area contributed by atoms with Gasteiger partial charge in [0.05, 0.1) is 5.56 Å². The molecule has 1 saturated heterocycles. The second kappa shape index (κ2) is 5.60. The van der Waals surface area contributed by atoms with E-state index in [4.69, 9.17) is 10.2 Å². The predicted molar refractivity (Wildman–Crippen MR) is 68.9 cm³/mol. The van der Waals surface area contributed by atoms with Crippen molar-refractivity contribution in [2.45, 2.75) is 0 Å². The van der Waals surface area contributed by atoms with Crippen molar-refractivity contribution in [2.75, 3.05) is 26.2 Å². The summed E-state index contributed by atoms with van der Waals surface area (Å²) >= 11 is 0. The molecule has 2 N–H and O–H groups in total. The SMILES string of the molecule is O=C(O)c1ccc(C(=O)N2CCN(C(=O)O)CC2)cc1. The maximum atomic E-state index is 12.2. The summed E-state index contributed by atoms with van der Waals surface area (Å²) in [6.45, 7) is 1.25. The molecule has 7 nitrogen and oxygen atoms in total. The molecule has 0 unspecified atom stereocenters. The number of carboxylic acids is 1. The predicted octanol–water partition coefficient (Wildman–Crippen LogP) is 0.821. The number of carbonyl (C=O) groups is 3. The Hall–Kier alpha value is -2.57. The highest BCUT2D eigenvalue weighted by atomic mass is 16.4. The molecule has 0 aromatic heterocycles. The smallest absolute Gasteiger partial charge is 0.407 e. The van der Waals surface area contributed by atoms with Crippen molar-refractivity contribution < 1.29 is 24.6 Å². The minimum absolute atomic E-state index is 0.122.